The molecule has 4 heteroatoms. The van der Waals surface area contributed by atoms with E-state index in [2.05, 4.69) is 18.8 Å². The van der Waals surface area contributed by atoms with Crippen molar-refractivity contribution in [1.29, 1.82) is 0 Å². The Hall–Kier alpha value is -1.89. The molecule has 114 valence electrons. The molecule has 0 saturated carbocycles. The third-order valence-corrected chi connectivity index (χ3v) is 3.19. The summed E-state index contributed by atoms with van der Waals surface area (Å²) in [5.74, 6) is 1.78. The van der Waals surface area contributed by atoms with Crippen LogP contribution in [0.5, 0.6) is 0 Å². The lowest BCUT2D eigenvalue weighted by atomic mass is 10.1. The van der Waals surface area contributed by atoms with Gasteiger partial charge in [0.05, 0.1) is 11.1 Å². The third kappa shape index (κ3) is 5.55. The van der Waals surface area contributed by atoms with Crippen LogP contribution in [0.4, 0.5) is 8.78 Å². The molecule has 0 aromatic heterocycles. The van der Waals surface area contributed by atoms with E-state index in [1.54, 1.807) is 0 Å². The fourth-order valence-electron chi connectivity index (χ4n) is 1.98. The van der Waals surface area contributed by atoms with Crippen molar-refractivity contribution in [3.05, 3.63) is 34.9 Å². The molecule has 0 atom stereocenters. The number of carboxylic acid groups (broad SMARTS) is 1. The number of benzene rings is 1. The number of unbranched alkanes of at least 4 members (excludes halogenated alkanes) is 6. The molecule has 0 aliphatic carbocycles. The quantitative estimate of drug-likeness (QED) is 0.581. The van der Waals surface area contributed by atoms with Gasteiger partial charge in [-0.15, -0.1) is 0 Å². The fourth-order valence-corrected chi connectivity index (χ4v) is 1.98. The molecule has 0 saturated heterocycles. The molecule has 2 nitrogen and oxygen atoms in total. The van der Waals surface area contributed by atoms with E-state index in [4.69, 9.17) is 5.11 Å². The highest BCUT2D eigenvalue weighted by molar-refractivity contribution is 5.88. The molecule has 0 amide bonds. The maximum Gasteiger partial charge on any atom is 0.338 e. The average Bonchev–Trinajstić information content (AvgIpc) is 2.44. The van der Waals surface area contributed by atoms with E-state index in [0.717, 1.165) is 31.4 Å². The van der Waals surface area contributed by atoms with E-state index in [-0.39, 0.29) is 0 Å². The van der Waals surface area contributed by atoms with Gasteiger partial charge < -0.3 is 5.11 Å². The lowest BCUT2D eigenvalue weighted by Crippen LogP contribution is -2.04. The van der Waals surface area contributed by atoms with Gasteiger partial charge in [0.15, 0.2) is 5.82 Å². The molecule has 1 aromatic carbocycles. The minimum atomic E-state index is -1.42. The Morgan fingerprint density at radius 3 is 2.48 bits per heavy atom. The molecule has 0 aliphatic rings. The Kier molecular flexibility index (Phi) is 7.45. The number of carboxylic acids is 1. The minimum absolute atomic E-state index is 0.458. The predicted octanol–water partition coefficient (Wildman–Crippen LogP) is 4.77. The summed E-state index contributed by atoms with van der Waals surface area (Å²) in [6, 6.07) is 1.84. The first-order chi connectivity index (χ1) is 10.1. The van der Waals surface area contributed by atoms with Crippen molar-refractivity contribution in [2.24, 2.45) is 0 Å². The second-order valence-electron chi connectivity index (χ2n) is 4.91. The summed E-state index contributed by atoms with van der Waals surface area (Å²) in [6.07, 6.45) is 7.26. The highest BCUT2D eigenvalue weighted by Gasteiger charge is 2.16. The molecule has 1 N–H and O–H groups in total. The van der Waals surface area contributed by atoms with Gasteiger partial charge in [-0.1, -0.05) is 50.9 Å². The Balaban J connectivity index is 2.57. The maximum absolute atomic E-state index is 13.8. The number of carbonyl (C=O) groups is 1. The van der Waals surface area contributed by atoms with Crippen molar-refractivity contribution in [3.8, 4) is 11.8 Å². The normalized spacial score (nSPS) is 10.0. The smallest absolute Gasteiger partial charge is 0.338 e. The van der Waals surface area contributed by atoms with Crippen LogP contribution in [-0.2, 0) is 0 Å². The van der Waals surface area contributed by atoms with Gasteiger partial charge in [-0.25, -0.2) is 13.6 Å². The Morgan fingerprint density at radius 2 is 1.81 bits per heavy atom. The van der Waals surface area contributed by atoms with Crippen LogP contribution in [0.25, 0.3) is 0 Å². The zero-order valence-corrected chi connectivity index (χ0v) is 12.2. The fraction of sp³-hybridized carbons (Fsp3) is 0.471. The van der Waals surface area contributed by atoms with Crippen LogP contribution in [0, 0.1) is 23.5 Å². The van der Waals surface area contributed by atoms with Crippen molar-refractivity contribution in [3.63, 3.8) is 0 Å². The van der Waals surface area contributed by atoms with Gasteiger partial charge in [-0.2, -0.15) is 0 Å². The van der Waals surface area contributed by atoms with Crippen LogP contribution in [-0.4, -0.2) is 11.1 Å². The van der Waals surface area contributed by atoms with Crippen LogP contribution in [0.2, 0.25) is 0 Å². The van der Waals surface area contributed by atoms with E-state index in [0.29, 0.717) is 6.42 Å². The van der Waals surface area contributed by atoms with Crippen molar-refractivity contribution < 1.29 is 18.7 Å². The molecule has 21 heavy (non-hydrogen) atoms. The van der Waals surface area contributed by atoms with Crippen molar-refractivity contribution in [1.82, 2.24) is 0 Å². The van der Waals surface area contributed by atoms with Gasteiger partial charge in [-0.05, 0) is 18.6 Å². The van der Waals surface area contributed by atoms with Crippen molar-refractivity contribution in [2.75, 3.05) is 0 Å². The SMILES string of the molecule is CCCCCCCCC#Cc1c(F)ccc(C(=O)O)c1F. The summed E-state index contributed by atoms with van der Waals surface area (Å²) in [7, 11) is 0. The van der Waals surface area contributed by atoms with E-state index in [1.165, 1.54) is 19.3 Å². The van der Waals surface area contributed by atoms with Gasteiger partial charge >= 0.3 is 5.97 Å². The number of aromatic carboxylic acids is 1. The Bertz CT molecular complexity index is 542. The van der Waals surface area contributed by atoms with Gasteiger partial charge in [0.1, 0.15) is 5.82 Å². The molecule has 0 fully saturated rings. The standard InChI is InChI=1S/C17H20F2O2/c1-2-3-4-5-6-7-8-9-10-13-15(18)12-11-14(16(13)19)17(20)21/h11-12H,2-8H2,1H3,(H,20,21). The topological polar surface area (TPSA) is 37.3 Å². The molecule has 0 radical (unpaired) electrons. The molecular formula is C17H20F2O2. The summed E-state index contributed by atoms with van der Waals surface area (Å²) < 4.78 is 27.2. The van der Waals surface area contributed by atoms with E-state index < -0.39 is 28.7 Å². The molecule has 1 rings (SSSR count). The van der Waals surface area contributed by atoms with Crippen molar-refractivity contribution >= 4 is 5.97 Å². The van der Waals surface area contributed by atoms with Crippen LogP contribution >= 0.6 is 0 Å². The van der Waals surface area contributed by atoms with E-state index >= 15 is 0 Å². The molecular weight excluding hydrogens is 274 g/mol. The van der Waals surface area contributed by atoms with Gasteiger partial charge in [0.2, 0.25) is 0 Å². The summed E-state index contributed by atoms with van der Waals surface area (Å²) in [6.45, 7) is 2.15. The Labute approximate surface area is 124 Å². The number of rotatable bonds is 7. The van der Waals surface area contributed by atoms with Gasteiger partial charge in [0, 0.05) is 6.42 Å². The summed E-state index contributed by atoms with van der Waals surface area (Å²) in [4.78, 5) is 10.8. The second kappa shape index (κ2) is 9.12. The number of halogens is 2. The molecule has 0 unspecified atom stereocenters. The zero-order valence-electron chi connectivity index (χ0n) is 12.2. The van der Waals surface area contributed by atoms with Gasteiger partial charge in [0.25, 0.3) is 0 Å². The summed E-state index contributed by atoms with van der Waals surface area (Å²) in [5, 5.41) is 8.78. The number of hydrogen-bond donors (Lipinski definition) is 1. The number of hydrogen-bond acceptors (Lipinski definition) is 1. The van der Waals surface area contributed by atoms with Crippen LogP contribution in [0.3, 0.4) is 0 Å². The molecule has 0 aliphatic heterocycles. The van der Waals surface area contributed by atoms with Gasteiger partial charge in [-0.3, -0.25) is 0 Å². The lowest BCUT2D eigenvalue weighted by molar-refractivity contribution is 0.0691. The highest BCUT2D eigenvalue weighted by Crippen LogP contribution is 2.16. The Morgan fingerprint density at radius 1 is 1.14 bits per heavy atom. The average molecular weight is 294 g/mol. The van der Waals surface area contributed by atoms with E-state index in [9.17, 15) is 13.6 Å². The molecule has 0 heterocycles. The third-order valence-electron chi connectivity index (χ3n) is 3.19. The zero-order chi connectivity index (χ0) is 15.7. The molecule has 0 bridgehead atoms. The molecule has 1 aromatic rings. The lowest BCUT2D eigenvalue weighted by Gasteiger charge is -2.01. The van der Waals surface area contributed by atoms with Crippen LogP contribution in [0.1, 0.15) is 67.8 Å². The highest BCUT2D eigenvalue weighted by atomic mass is 19.1. The summed E-state index contributed by atoms with van der Waals surface area (Å²) in [5.41, 5.74) is -1.01. The van der Waals surface area contributed by atoms with Crippen molar-refractivity contribution in [2.45, 2.75) is 51.9 Å². The monoisotopic (exact) mass is 294 g/mol. The molecule has 0 spiro atoms. The predicted molar refractivity (Wildman–Crippen MR) is 78.2 cm³/mol. The first kappa shape index (κ1) is 17.2. The second-order valence-corrected chi connectivity index (χ2v) is 4.91. The first-order valence-corrected chi connectivity index (χ1v) is 7.28. The van der Waals surface area contributed by atoms with E-state index in [1.807, 2.05) is 0 Å². The van der Waals surface area contributed by atoms with Crippen LogP contribution < -0.4 is 0 Å². The maximum atomic E-state index is 13.8. The van der Waals surface area contributed by atoms with Crippen LogP contribution in [0.15, 0.2) is 12.1 Å². The first-order valence-electron chi connectivity index (χ1n) is 7.28. The largest absolute Gasteiger partial charge is 0.478 e. The summed E-state index contributed by atoms with van der Waals surface area (Å²) >= 11 is 0. The minimum Gasteiger partial charge on any atom is -0.478 e.